The van der Waals surface area contributed by atoms with Crippen LogP contribution in [0.15, 0.2) is 18.2 Å². The first-order valence-electron chi connectivity index (χ1n) is 4.95. The van der Waals surface area contributed by atoms with Gasteiger partial charge < -0.3 is 15.5 Å². The number of nitrogens with one attached hydrogen (secondary N) is 1. The van der Waals surface area contributed by atoms with E-state index in [9.17, 15) is 14.7 Å². The van der Waals surface area contributed by atoms with Crippen molar-refractivity contribution in [3.63, 3.8) is 0 Å². The predicted octanol–water partition coefficient (Wildman–Crippen LogP) is 1.44. The summed E-state index contributed by atoms with van der Waals surface area (Å²) in [5.74, 6) is -1.57. The molecule has 0 unspecified atom stereocenters. The van der Waals surface area contributed by atoms with Gasteiger partial charge in [0.1, 0.15) is 11.3 Å². The second kappa shape index (κ2) is 3.84. The first-order chi connectivity index (χ1) is 7.58. The van der Waals surface area contributed by atoms with Crippen LogP contribution in [-0.2, 0) is 4.79 Å². The van der Waals surface area contributed by atoms with Crippen molar-refractivity contribution in [1.82, 2.24) is 0 Å². The van der Waals surface area contributed by atoms with Crippen molar-refractivity contribution in [3.8, 4) is 5.75 Å². The number of amides is 1. The van der Waals surface area contributed by atoms with Crippen molar-refractivity contribution in [2.75, 3.05) is 5.32 Å². The normalized spacial score (nSPS) is 14.5. The number of aromatic carboxylic acids is 1. The molecule has 0 heterocycles. The molecule has 5 heteroatoms. The van der Waals surface area contributed by atoms with Crippen LogP contribution >= 0.6 is 0 Å². The van der Waals surface area contributed by atoms with E-state index in [0.29, 0.717) is 5.69 Å². The highest BCUT2D eigenvalue weighted by atomic mass is 16.4. The minimum atomic E-state index is -1.22. The molecule has 1 fully saturated rings. The molecule has 1 aromatic rings. The molecular weight excluding hydrogens is 210 g/mol. The van der Waals surface area contributed by atoms with Crippen LogP contribution in [0, 0.1) is 5.92 Å². The number of hydrogen-bond acceptors (Lipinski definition) is 3. The van der Waals surface area contributed by atoms with Gasteiger partial charge >= 0.3 is 5.97 Å². The van der Waals surface area contributed by atoms with E-state index in [0.717, 1.165) is 12.8 Å². The molecule has 0 aromatic heterocycles. The van der Waals surface area contributed by atoms with E-state index in [1.807, 2.05) is 0 Å². The Kier molecular flexibility index (Phi) is 2.52. The van der Waals surface area contributed by atoms with E-state index >= 15 is 0 Å². The van der Waals surface area contributed by atoms with Gasteiger partial charge in [-0.1, -0.05) is 0 Å². The van der Waals surface area contributed by atoms with Crippen molar-refractivity contribution in [3.05, 3.63) is 23.8 Å². The lowest BCUT2D eigenvalue weighted by molar-refractivity contribution is -0.117. The van der Waals surface area contributed by atoms with Crippen LogP contribution in [0.5, 0.6) is 5.75 Å². The number of carboxylic acids is 1. The first kappa shape index (κ1) is 10.5. The van der Waals surface area contributed by atoms with Gasteiger partial charge in [0.25, 0.3) is 0 Å². The SMILES string of the molecule is O=C(O)c1cc(NC(=O)C2CC2)ccc1O. The average Bonchev–Trinajstić information content (AvgIpc) is 3.03. The van der Waals surface area contributed by atoms with Crippen molar-refractivity contribution in [2.45, 2.75) is 12.8 Å². The maximum Gasteiger partial charge on any atom is 0.339 e. The fourth-order valence-electron chi connectivity index (χ4n) is 1.37. The van der Waals surface area contributed by atoms with Crippen molar-refractivity contribution < 1.29 is 19.8 Å². The fraction of sp³-hybridized carbons (Fsp3) is 0.273. The molecule has 1 saturated carbocycles. The molecule has 0 aliphatic heterocycles. The molecule has 0 spiro atoms. The Morgan fingerprint density at radius 2 is 2.00 bits per heavy atom. The van der Waals surface area contributed by atoms with Crippen molar-refractivity contribution in [1.29, 1.82) is 0 Å². The van der Waals surface area contributed by atoms with Gasteiger partial charge in [0.15, 0.2) is 0 Å². The highest BCUT2D eigenvalue weighted by Gasteiger charge is 2.29. The molecule has 3 N–H and O–H groups in total. The van der Waals surface area contributed by atoms with Gasteiger partial charge in [-0.05, 0) is 31.0 Å². The summed E-state index contributed by atoms with van der Waals surface area (Å²) in [6, 6.07) is 3.98. The lowest BCUT2D eigenvalue weighted by Gasteiger charge is -2.06. The Balaban J connectivity index is 2.18. The second-order valence-electron chi connectivity index (χ2n) is 3.80. The number of benzene rings is 1. The molecule has 16 heavy (non-hydrogen) atoms. The van der Waals surface area contributed by atoms with E-state index in [-0.39, 0.29) is 23.1 Å². The molecule has 84 valence electrons. The molecule has 2 rings (SSSR count). The number of anilines is 1. The van der Waals surface area contributed by atoms with Gasteiger partial charge in [0, 0.05) is 11.6 Å². The van der Waals surface area contributed by atoms with E-state index in [2.05, 4.69) is 5.32 Å². The third-order valence-electron chi connectivity index (χ3n) is 2.44. The maximum atomic E-state index is 11.4. The minimum absolute atomic E-state index is 0.0575. The Morgan fingerprint density at radius 3 is 2.56 bits per heavy atom. The van der Waals surface area contributed by atoms with Crippen LogP contribution in [0.25, 0.3) is 0 Å². The van der Waals surface area contributed by atoms with Crippen LogP contribution in [0.2, 0.25) is 0 Å². The topological polar surface area (TPSA) is 86.6 Å². The Bertz CT molecular complexity index is 451. The zero-order valence-corrected chi connectivity index (χ0v) is 8.43. The zero-order valence-electron chi connectivity index (χ0n) is 8.43. The number of phenols is 1. The van der Waals surface area contributed by atoms with Crippen LogP contribution in [0.3, 0.4) is 0 Å². The number of carboxylic acid groups (broad SMARTS) is 1. The molecule has 1 amide bonds. The quantitative estimate of drug-likeness (QED) is 0.674. The summed E-state index contributed by atoms with van der Waals surface area (Å²) < 4.78 is 0. The molecule has 5 nitrogen and oxygen atoms in total. The van der Waals surface area contributed by atoms with Gasteiger partial charge in [-0.2, -0.15) is 0 Å². The molecule has 0 atom stereocenters. The molecular formula is C11H11NO4. The van der Waals surface area contributed by atoms with E-state index < -0.39 is 5.97 Å². The van der Waals surface area contributed by atoms with Crippen LogP contribution < -0.4 is 5.32 Å². The molecule has 1 aliphatic rings. The van der Waals surface area contributed by atoms with Gasteiger partial charge in [-0.3, -0.25) is 4.79 Å². The van der Waals surface area contributed by atoms with Crippen molar-refractivity contribution in [2.24, 2.45) is 5.92 Å². The number of hydrogen-bond donors (Lipinski definition) is 3. The van der Waals surface area contributed by atoms with E-state index in [4.69, 9.17) is 5.11 Å². The highest BCUT2D eigenvalue weighted by Crippen LogP contribution is 2.30. The van der Waals surface area contributed by atoms with Crippen LogP contribution in [0.4, 0.5) is 5.69 Å². The maximum absolute atomic E-state index is 11.4. The third kappa shape index (κ3) is 2.13. The largest absolute Gasteiger partial charge is 0.507 e. The summed E-state index contributed by atoms with van der Waals surface area (Å²) in [6.07, 6.45) is 1.77. The standard InChI is InChI=1S/C11H11NO4/c13-9-4-3-7(5-8(9)11(15)16)12-10(14)6-1-2-6/h3-6,13H,1-2H2,(H,12,14)(H,15,16). The molecule has 0 saturated heterocycles. The molecule has 0 radical (unpaired) electrons. The summed E-state index contributed by atoms with van der Waals surface area (Å²) >= 11 is 0. The highest BCUT2D eigenvalue weighted by molar-refractivity contribution is 5.97. The molecule has 0 bridgehead atoms. The first-order valence-corrected chi connectivity index (χ1v) is 4.95. The van der Waals surface area contributed by atoms with Gasteiger partial charge in [0.2, 0.25) is 5.91 Å². The van der Waals surface area contributed by atoms with Gasteiger partial charge in [0.05, 0.1) is 0 Å². The second-order valence-corrected chi connectivity index (χ2v) is 3.80. The average molecular weight is 221 g/mol. The summed E-state index contributed by atoms with van der Waals surface area (Å²) in [5.41, 5.74) is 0.181. The van der Waals surface area contributed by atoms with Crippen molar-refractivity contribution >= 4 is 17.6 Å². The molecule has 1 aromatic carbocycles. The number of rotatable bonds is 3. The van der Waals surface area contributed by atoms with E-state index in [1.165, 1.54) is 18.2 Å². The number of carbonyl (C=O) groups excluding carboxylic acids is 1. The van der Waals surface area contributed by atoms with Crippen LogP contribution in [-0.4, -0.2) is 22.1 Å². The summed E-state index contributed by atoms with van der Waals surface area (Å²) in [7, 11) is 0. The minimum Gasteiger partial charge on any atom is -0.507 e. The zero-order chi connectivity index (χ0) is 11.7. The fourth-order valence-corrected chi connectivity index (χ4v) is 1.37. The van der Waals surface area contributed by atoms with Crippen LogP contribution in [0.1, 0.15) is 23.2 Å². The Labute approximate surface area is 91.7 Å². The monoisotopic (exact) mass is 221 g/mol. The molecule has 1 aliphatic carbocycles. The lowest BCUT2D eigenvalue weighted by atomic mass is 10.1. The smallest absolute Gasteiger partial charge is 0.339 e. The number of aromatic hydroxyl groups is 1. The Hall–Kier alpha value is -2.04. The van der Waals surface area contributed by atoms with Gasteiger partial charge in [-0.25, -0.2) is 4.79 Å². The summed E-state index contributed by atoms with van der Waals surface area (Å²) in [5, 5.41) is 20.7. The lowest BCUT2D eigenvalue weighted by Crippen LogP contribution is -2.13. The predicted molar refractivity (Wildman–Crippen MR) is 56.4 cm³/mol. The van der Waals surface area contributed by atoms with Gasteiger partial charge in [-0.15, -0.1) is 0 Å². The number of carbonyl (C=O) groups is 2. The third-order valence-corrected chi connectivity index (χ3v) is 2.44. The summed E-state index contributed by atoms with van der Waals surface area (Å²) in [6.45, 7) is 0. The van der Waals surface area contributed by atoms with E-state index in [1.54, 1.807) is 0 Å². The summed E-state index contributed by atoms with van der Waals surface area (Å²) in [4.78, 5) is 22.2. The Morgan fingerprint density at radius 1 is 1.31 bits per heavy atom.